The number of nitrogens with zero attached hydrogens (tertiary/aromatic N) is 4. The molecule has 0 radical (unpaired) electrons. The summed E-state index contributed by atoms with van der Waals surface area (Å²) in [6.07, 6.45) is 0.483. The lowest BCUT2D eigenvalue weighted by atomic mass is 10.1. The first-order chi connectivity index (χ1) is 13.5. The molecule has 3 aromatic rings. The molecule has 2 saturated carbocycles. The van der Waals surface area contributed by atoms with Gasteiger partial charge in [-0.05, 0) is 37.8 Å². The van der Waals surface area contributed by atoms with E-state index in [-0.39, 0.29) is 0 Å². The molecule has 2 aliphatic rings. The first-order valence-electron chi connectivity index (χ1n) is 9.18. The zero-order chi connectivity index (χ0) is 19.3. The van der Waals surface area contributed by atoms with Crippen molar-refractivity contribution in [2.24, 2.45) is 0 Å². The van der Waals surface area contributed by atoms with E-state index in [0.29, 0.717) is 23.3 Å². The molecule has 2 aromatic heterocycles. The van der Waals surface area contributed by atoms with Gasteiger partial charge in [-0.2, -0.15) is 13.2 Å². The molecule has 0 amide bonds. The average molecular weight is 423 g/mol. The summed E-state index contributed by atoms with van der Waals surface area (Å²) in [4.78, 5) is 4.59. The molecule has 0 bridgehead atoms. The van der Waals surface area contributed by atoms with Crippen LogP contribution in [0.4, 0.5) is 13.2 Å². The van der Waals surface area contributed by atoms with Crippen molar-refractivity contribution in [1.82, 2.24) is 19.7 Å². The Labute approximate surface area is 168 Å². The summed E-state index contributed by atoms with van der Waals surface area (Å²) >= 11 is 3.08. The third kappa shape index (κ3) is 3.69. The molecule has 0 atom stereocenters. The van der Waals surface area contributed by atoms with Crippen LogP contribution in [0.5, 0.6) is 0 Å². The second kappa shape index (κ2) is 6.88. The lowest BCUT2D eigenvalue weighted by Gasteiger charge is -2.07. The number of halogens is 3. The minimum Gasteiger partial charge on any atom is -0.303 e. The minimum absolute atomic E-state index is 0.547. The maximum absolute atomic E-state index is 12.7. The van der Waals surface area contributed by atoms with Crippen LogP contribution in [0.25, 0.3) is 10.6 Å². The second-order valence-electron chi connectivity index (χ2n) is 7.22. The Hall–Kier alpha value is -1.87. The van der Waals surface area contributed by atoms with E-state index in [0.717, 1.165) is 33.8 Å². The number of benzene rings is 1. The summed E-state index contributed by atoms with van der Waals surface area (Å²) in [6, 6.07) is 5.70. The van der Waals surface area contributed by atoms with Crippen molar-refractivity contribution in [2.45, 2.75) is 54.7 Å². The van der Waals surface area contributed by atoms with Gasteiger partial charge in [0.1, 0.15) is 10.8 Å². The average Bonchev–Trinajstić information content (AvgIpc) is 3.61. The molecular formula is C19H17F3N4S2. The van der Waals surface area contributed by atoms with E-state index in [1.807, 2.05) is 5.38 Å². The molecule has 0 saturated heterocycles. The SMILES string of the molecule is FC(F)(F)c1ccc(-c2nc(CSc3nnc(C4CC4)n3C3CC3)cs2)cc1. The summed E-state index contributed by atoms with van der Waals surface area (Å²) in [5, 5.41) is 12.4. The summed E-state index contributed by atoms with van der Waals surface area (Å²) in [7, 11) is 0. The zero-order valence-electron chi connectivity index (χ0n) is 14.8. The van der Waals surface area contributed by atoms with Gasteiger partial charge in [0.2, 0.25) is 0 Å². The maximum atomic E-state index is 12.7. The van der Waals surface area contributed by atoms with Crippen LogP contribution in [-0.4, -0.2) is 19.7 Å². The quantitative estimate of drug-likeness (QED) is 0.462. The molecule has 2 aliphatic carbocycles. The minimum atomic E-state index is -4.32. The van der Waals surface area contributed by atoms with E-state index >= 15 is 0 Å². The number of alkyl halides is 3. The van der Waals surface area contributed by atoms with E-state index in [1.54, 1.807) is 11.8 Å². The molecule has 2 fully saturated rings. The molecule has 0 unspecified atom stereocenters. The van der Waals surface area contributed by atoms with Gasteiger partial charge in [-0.3, -0.25) is 0 Å². The number of aromatic nitrogens is 4. The highest BCUT2D eigenvalue weighted by atomic mass is 32.2. The first kappa shape index (κ1) is 18.2. The van der Waals surface area contributed by atoms with E-state index in [2.05, 4.69) is 19.7 Å². The molecule has 9 heteroatoms. The number of rotatable bonds is 6. The van der Waals surface area contributed by atoms with E-state index in [1.165, 1.54) is 49.2 Å². The second-order valence-corrected chi connectivity index (χ2v) is 9.02. The monoisotopic (exact) mass is 422 g/mol. The molecule has 5 rings (SSSR count). The van der Waals surface area contributed by atoms with Gasteiger partial charge < -0.3 is 4.57 Å². The molecular weight excluding hydrogens is 405 g/mol. The molecule has 2 heterocycles. The highest BCUT2D eigenvalue weighted by Gasteiger charge is 2.36. The third-order valence-electron chi connectivity index (χ3n) is 4.91. The Balaban J connectivity index is 1.29. The molecule has 0 N–H and O–H groups in total. The zero-order valence-corrected chi connectivity index (χ0v) is 16.4. The Morgan fingerprint density at radius 2 is 1.82 bits per heavy atom. The highest BCUT2D eigenvalue weighted by Crippen LogP contribution is 2.46. The normalized spacial score (nSPS) is 17.2. The number of thioether (sulfide) groups is 1. The van der Waals surface area contributed by atoms with Crippen LogP contribution in [0, 0.1) is 0 Å². The van der Waals surface area contributed by atoms with Crippen LogP contribution >= 0.6 is 23.1 Å². The van der Waals surface area contributed by atoms with Crippen molar-refractivity contribution in [3.8, 4) is 10.6 Å². The largest absolute Gasteiger partial charge is 0.416 e. The molecule has 0 aliphatic heterocycles. The summed E-state index contributed by atoms with van der Waals surface area (Å²) in [6.45, 7) is 0. The lowest BCUT2D eigenvalue weighted by molar-refractivity contribution is -0.137. The van der Waals surface area contributed by atoms with Crippen LogP contribution in [0.1, 0.15) is 54.7 Å². The summed E-state index contributed by atoms with van der Waals surface area (Å²) < 4.78 is 40.4. The number of hydrogen-bond acceptors (Lipinski definition) is 5. The van der Waals surface area contributed by atoms with E-state index < -0.39 is 11.7 Å². The van der Waals surface area contributed by atoms with Gasteiger partial charge in [0.15, 0.2) is 5.16 Å². The predicted molar refractivity (Wildman–Crippen MR) is 102 cm³/mol. The predicted octanol–water partition coefficient (Wildman–Crippen LogP) is 5.93. The molecule has 1 aromatic carbocycles. The fraction of sp³-hybridized carbons (Fsp3) is 0.421. The molecule has 4 nitrogen and oxygen atoms in total. The Morgan fingerprint density at radius 1 is 1.07 bits per heavy atom. The van der Waals surface area contributed by atoms with Gasteiger partial charge in [-0.25, -0.2) is 4.98 Å². The van der Waals surface area contributed by atoms with Gasteiger partial charge in [-0.15, -0.1) is 21.5 Å². The fourth-order valence-electron chi connectivity index (χ4n) is 3.13. The van der Waals surface area contributed by atoms with E-state index in [4.69, 9.17) is 0 Å². The van der Waals surface area contributed by atoms with Gasteiger partial charge in [-0.1, -0.05) is 23.9 Å². The Kier molecular flexibility index (Phi) is 4.46. The summed E-state index contributed by atoms with van der Waals surface area (Å²) in [5.41, 5.74) is 0.962. The van der Waals surface area contributed by atoms with E-state index in [9.17, 15) is 13.2 Å². The van der Waals surface area contributed by atoms with Crippen LogP contribution in [0.2, 0.25) is 0 Å². The van der Waals surface area contributed by atoms with Gasteiger partial charge >= 0.3 is 6.18 Å². The van der Waals surface area contributed by atoms with Crippen molar-refractivity contribution < 1.29 is 13.2 Å². The molecule has 146 valence electrons. The van der Waals surface area contributed by atoms with Crippen molar-refractivity contribution in [2.75, 3.05) is 0 Å². The third-order valence-corrected chi connectivity index (χ3v) is 6.82. The van der Waals surface area contributed by atoms with Crippen LogP contribution < -0.4 is 0 Å². The summed E-state index contributed by atoms with van der Waals surface area (Å²) in [5.74, 6) is 2.38. The highest BCUT2D eigenvalue weighted by molar-refractivity contribution is 7.98. The standard InChI is InChI=1S/C19H17F3N4S2/c20-19(21,22)13-5-3-12(4-6-13)17-23-14(9-27-17)10-28-18-25-24-16(11-1-2-11)26(18)15-7-8-15/h3-6,9,11,15H,1-2,7-8,10H2. The first-order valence-corrected chi connectivity index (χ1v) is 11.0. The number of hydrogen-bond donors (Lipinski definition) is 0. The topological polar surface area (TPSA) is 43.6 Å². The molecule has 0 spiro atoms. The van der Waals surface area contributed by atoms with Gasteiger partial charge in [0.05, 0.1) is 11.3 Å². The fourth-order valence-corrected chi connectivity index (χ4v) is 4.97. The lowest BCUT2D eigenvalue weighted by Crippen LogP contribution is -2.03. The Morgan fingerprint density at radius 3 is 2.46 bits per heavy atom. The van der Waals surface area contributed by atoms with Crippen LogP contribution in [-0.2, 0) is 11.9 Å². The van der Waals surface area contributed by atoms with Crippen molar-refractivity contribution in [1.29, 1.82) is 0 Å². The van der Waals surface area contributed by atoms with Crippen molar-refractivity contribution in [3.63, 3.8) is 0 Å². The number of thiazole rings is 1. The smallest absolute Gasteiger partial charge is 0.303 e. The van der Waals surface area contributed by atoms with Gasteiger partial charge in [0.25, 0.3) is 0 Å². The van der Waals surface area contributed by atoms with Crippen molar-refractivity contribution in [3.05, 3.63) is 46.7 Å². The van der Waals surface area contributed by atoms with Crippen LogP contribution in [0.3, 0.4) is 0 Å². The Bertz CT molecular complexity index is 986. The van der Waals surface area contributed by atoms with Crippen molar-refractivity contribution >= 4 is 23.1 Å². The maximum Gasteiger partial charge on any atom is 0.416 e. The van der Waals surface area contributed by atoms with Crippen LogP contribution in [0.15, 0.2) is 34.8 Å². The molecule has 28 heavy (non-hydrogen) atoms. The van der Waals surface area contributed by atoms with Gasteiger partial charge in [0, 0.05) is 28.7 Å².